The minimum atomic E-state index is 0.310. The van der Waals surface area contributed by atoms with Crippen LogP contribution in [0.5, 0.6) is 0 Å². The molecule has 2 unspecified atom stereocenters. The standard InChI is InChI=1S/C12H24N2O/c1-4-5-10(2)14(3)12(15)8-11-6-7-13-9-11/h10-11,13H,4-9H2,1-3H3. The lowest BCUT2D eigenvalue weighted by Crippen LogP contribution is -2.36. The fourth-order valence-corrected chi connectivity index (χ4v) is 2.14. The average molecular weight is 212 g/mol. The van der Waals surface area contributed by atoms with Gasteiger partial charge in [-0.25, -0.2) is 0 Å². The van der Waals surface area contributed by atoms with Crippen molar-refractivity contribution in [3.8, 4) is 0 Å². The molecule has 88 valence electrons. The first kappa shape index (κ1) is 12.5. The van der Waals surface area contributed by atoms with Crippen molar-refractivity contribution in [2.75, 3.05) is 20.1 Å². The molecule has 1 N–H and O–H groups in total. The molecule has 0 spiro atoms. The lowest BCUT2D eigenvalue weighted by Gasteiger charge is -2.25. The van der Waals surface area contributed by atoms with Gasteiger partial charge >= 0.3 is 0 Å². The Balaban J connectivity index is 2.31. The highest BCUT2D eigenvalue weighted by Gasteiger charge is 2.21. The van der Waals surface area contributed by atoms with E-state index in [-0.39, 0.29) is 0 Å². The molecule has 2 atom stereocenters. The van der Waals surface area contributed by atoms with Gasteiger partial charge in [0.25, 0.3) is 0 Å². The summed E-state index contributed by atoms with van der Waals surface area (Å²) < 4.78 is 0. The van der Waals surface area contributed by atoms with Gasteiger partial charge in [-0.1, -0.05) is 13.3 Å². The number of nitrogens with zero attached hydrogens (tertiary/aromatic N) is 1. The highest BCUT2D eigenvalue weighted by atomic mass is 16.2. The number of nitrogens with one attached hydrogen (secondary N) is 1. The van der Waals surface area contributed by atoms with E-state index >= 15 is 0 Å². The molecule has 1 saturated heterocycles. The molecular formula is C12H24N2O. The fraction of sp³-hybridized carbons (Fsp3) is 0.917. The van der Waals surface area contributed by atoms with Crippen LogP contribution in [0.1, 0.15) is 39.5 Å². The summed E-state index contributed by atoms with van der Waals surface area (Å²) in [5.41, 5.74) is 0. The Morgan fingerprint density at radius 3 is 2.87 bits per heavy atom. The van der Waals surface area contributed by atoms with E-state index in [2.05, 4.69) is 19.2 Å². The van der Waals surface area contributed by atoms with Gasteiger partial charge < -0.3 is 10.2 Å². The van der Waals surface area contributed by atoms with E-state index in [4.69, 9.17) is 0 Å². The zero-order valence-electron chi connectivity index (χ0n) is 10.3. The largest absolute Gasteiger partial charge is 0.343 e. The highest BCUT2D eigenvalue weighted by molar-refractivity contribution is 5.76. The van der Waals surface area contributed by atoms with Crippen molar-refractivity contribution < 1.29 is 4.79 Å². The van der Waals surface area contributed by atoms with Crippen LogP contribution in [0, 0.1) is 5.92 Å². The third-order valence-electron chi connectivity index (χ3n) is 3.39. The number of amides is 1. The van der Waals surface area contributed by atoms with E-state index < -0.39 is 0 Å². The molecule has 0 aromatic heterocycles. The Morgan fingerprint density at radius 2 is 2.33 bits per heavy atom. The van der Waals surface area contributed by atoms with Crippen molar-refractivity contribution in [1.82, 2.24) is 10.2 Å². The Labute approximate surface area is 93.2 Å². The van der Waals surface area contributed by atoms with Gasteiger partial charge in [0.1, 0.15) is 0 Å². The maximum atomic E-state index is 11.9. The van der Waals surface area contributed by atoms with Gasteiger partial charge in [0.15, 0.2) is 0 Å². The third kappa shape index (κ3) is 3.82. The second kappa shape index (κ2) is 6.11. The van der Waals surface area contributed by atoms with Crippen molar-refractivity contribution in [2.24, 2.45) is 5.92 Å². The minimum absolute atomic E-state index is 0.310. The van der Waals surface area contributed by atoms with Gasteiger partial charge in [-0.2, -0.15) is 0 Å². The molecule has 0 aliphatic carbocycles. The SMILES string of the molecule is CCCC(C)N(C)C(=O)CC1CCNC1. The highest BCUT2D eigenvalue weighted by Crippen LogP contribution is 2.15. The molecule has 0 aromatic carbocycles. The van der Waals surface area contributed by atoms with Gasteiger partial charge in [0, 0.05) is 19.5 Å². The zero-order chi connectivity index (χ0) is 11.3. The van der Waals surface area contributed by atoms with E-state index in [0.717, 1.165) is 38.8 Å². The van der Waals surface area contributed by atoms with Crippen molar-refractivity contribution >= 4 is 5.91 Å². The molecule has 3 nitrogen and oxygen atoms in total. The Bertz CT molecular complexity index is 200. The number of carbonyl (C=O) groups is 1. The van der Waals surface area contributed by atoms with E-state index in [9.17, 15) is 4.79 Å². The molecule has 1 heterocycles. The summed E-state index contributed by atoms with van der Waals surface area (Å²) in [6.07, 6.45) is 4.12. The number of hydrogen-bond acceptors (Lipinski definition) is 2. The molecule has 15 heavy (non-hydrogen) atoms. The third-order valence-corrected chi connectivity index (χ3v) is 3.39. The maximum absolute atomic E-state index is 11.9. The molecule has 1 rings (SSSR count). The van der Waals surface area contributed by atoms with Crippen LogP contribution in [0.25, 0.3) is 0 Å². The number of hydrogen-bond donors (Lipinski definition) is 1. The molecule has 1 aliphatic rings. The van der Waals surface area contributed by atoms with Crippen LogP contribution >= 0.6 is 0 Å². The van der Waals surface area contributed by atoms with Gasteiger partial charge in [0.05, 0.1) is 0 Å². The quantitative estimate of drug-likeness (QED) is 0.751. The predicted octanol–water partition coefficient (Wildman–Crippen LogP) is 1.63. The lowest BCUT2D eigenvalue weighted by atomic mass is 10.0. The Kier molecular flexibility index (Phi) is 5.09. The van der Waals surface area contributed by atoms with Crippen molar-refractivity contribution in [1.29, 1.82) is 0 Å². The molecule has 1 aliphatic heterocycles. The van der Waals surface area contributed by atoms with Crippen LogP contribution in [0.3, 0.4) is 0 Å². The molecule has 0 bridgehead atoms. The van der Waals surface area contributed by atoms with Gasteiger partial charge in [0.2, 0.25) is 5.91 Å². The monoisotopic (exact) mass is 212 g/mol. The summed E-state index contributed by atoms with van der Waals surface area (Å²) in [6, 6.07) is 0.386. The fourth-order valence-electron chi connectivity index (χ4n) is 2.14. The second-order valence-electron chi connectivity index (χ2n) is 4.71. The summed E-state index contributed by atoms with van der Waals surface area (Å²) in [6.45, 7) is 6.39. The molecule has 3 heteroatoms. The molecule has 0 saturated carbocycles. The number of carbonyl (C=O) groups excluding carboxylic acids is 1. The van der Waals surface area contributed by atoms with Crippen LogP contribution in [-0.4, -0.2) is 37.0 Å². The summed E-state index contributed by atoms with van der Waals surface area (Å²) >= 11 is 0. The van der Waals surface area contributed by atoms with Crippen molar-refractivity contribution in [2.45, 2.75) is 45.6 Å². The van der Waals surface area contributed by atoms with Crippen LogP contribution in [0.2, 0.25) is 0 Å². The first-order chi connectivity index (χ1) is 7.15. The molecule has 1 fully saturated rings. The molecule has 1 amide bonds. The first-order valence-electron chi connectivity index (χ1n) is 6.11. The van der Waals surface area contributed by atoms with Crippen LogP contribution in [0.15, 0.2) is 0 Å². The average Bonchev–Trinajstić information content (AvgIpc) is 2.69. The second-order valence-corrected chi connectivity index (χ2v) is 4.71. The number of rotatable bonds is 5. The molecular weight excluding hydrogens is 188 g/mol. The van der Waals surface area contributed by atoms with E-state index in [0.29, 0.717) is 17.9 Å². The first-order valence-corrected chi connectivity index (χ1v) is 6.11. The van der Waals surface area contributed by atoms with Crippen molar-refractivity contribution in [3.63, 3.8) is 0 Å². The van der Waals surface area contributed by atoms with Crippen LogP contribution in [-0.2, 0) is 4.79 Å². The van der Waals surface area contributed by atoms with E-state index in [1.54, 1.807) is 0 Å². The van der Waals surface area contributed by atoms with Crippen LogP contribution < -0.4 is 5.32 Å². The van der Waals surface area contributed by atoms with E-state index in [1.165, 1.54) is 0 Å². The molecule has 0 radical (unpaired) electrons. The minimum Gasteiger partial charge on any atom is -0.343 e. The zero-order valence-corrected chi connectivity index (χ0v) is 10.3. The summed E-state index contributed by atoms with van der Waals surface area (Å²) in [7, 11) is 1.94. The molecule has 0 aromatic rings. The van der Waals surface area contributed by atoms with Gasteiger partial charge in [-0.15, -0.1) is 0 Å². The normalized spacial score (nSPS) is 22.7. The Hall–Kier alpha value is -0.570. The summed E-state index contributed by atoms with van der Waals surface area (Å²) in [5.74, 6) is 0.874. The summed E-state index contributed by atoms with van der Waals surface area (Å²) in [4.78, 5) is 13.8. The topological polar surface area (TPSA) is 32.3 Å². The summed E-state index contributed by atoms with van der Waals surface area (Å²) in [5, 5.41) is 3.30. The van der Waals surface area contributed by atoms with Gasteiger partial charge in [-0.3, -0.25) is 4.79 Å². The van der Waals surface area contributed by atoms with E-state index in [1.807, 2.05) is 11.9 Å². The van der Waals surface area contributed by atoms with Gasteiger partial charge in [-0.05, 0) is 38.8 Å². The predicted molar refractivity (Wildman–Crippen MR) is 62.7 cm³/mol. The Morgan fingerprint density at radius 1 is 1.60 bits per heavy atom. The van der Waals surface area contributed by atoms with Crippen molar-refractivity contribution in [3.05, 3.63) is 0 Å². The lowest BCUT2D eigenvalue weighted by molar-refractivity contribution is -0.132. The maximum Gasteiger partial charge on any atom is 0.222 e. The smallest absolute Gasteiger partial charge is 0.222 e. The van der Waals surface area contributed by atoms with Crippen LogP contribution in [0.4, 0.5) is 0 Å².